The Morgan fingerprint density at radius 2 is 1.96 bits per heavy atom. The summed E-state index contributed by atoms with van der Waals surface area (Å²) < 4.78 is 23.5. The Balaban J connectivity index is 1.83. The minimum atomic E-state index is -0.588. The summed E-state index contributed by atoms with van der Waals surface area (Å²) in [6, 6.07) is 6.73. The molecule has 142 valence electrons. The van der Waals surface area contributed by atoms with E-state index < -0.39 is 12.0 Å². The Kier molecular flexibility index (Phi) is 5.46. The molecule has 0 spiro atoms. The molecule has 3 rings (SSSR count). The van der Waals surface area contributed by atoms with Crippen LogP contribution in [-0.2, 0) is 16.1 Å². The number of nitrogens with one attached hydrogen (secondary N) is 2. The number of hydrogen-bond donors (Lipinski definition) is 2. The van der Waals surface area contributed by atoms with E-state index in [0.29, 0.717) is 23.6 Å². The van der Waals surface area contributed by atoms with E-state index in [1.165, 1.54) is 30.6 Å². The molecule has 0 aliphatic carbocycles. The van der Waals surface area contributed by atoms with Crippen LogP contribution < -0.4 is 15.4 Å². The largest absolute Gasteiger partial charge is 0.489 e. The van der Waals surface area contributed by atoms with Crippen molar-refractivity contribution >= 4 is 23.3 Å². The summed E-state index contributed by atoms with van der Waals surface area (Å²) in [6.45, 7) is 3.90. The van der Waals surface area contributed by atoms with E-state index in [1.54, 1.807) is 19.1 Å². The van der Waals surface area contributed by atoms with Crippen molar-refractivity contribution in [2.75, 3.05) is 7.11 Å². The minimum absolute atomic E-state index is 0.295. The third-order valence-electron chi connectivity index (χ3n) is 4.21. The number of thiophene rings is 1. The van der Waals surface area contributed by atoms with Crippen LogP contribution in [0.4, 0.5) is 9.18 Å². The molecule has 0 saturated heterocycles. The Morgan fingerprint density at radius 1 is 1.26 bits per heavy atom. The molecule has 1 aliphatic heterocycles. The maximum absolute atomic E-state index is 13.0. The first-order chi connectivity index (χ1) is 12.9. The molecule has 1 unspecified atom stereocenters. The van der Waals surface area contributed by atoms with Crippen LogP contribution in [0.25, 0.3) is 0 Å². The molecule has 6 nitrogen and oxygen atoms in total. The smallest absolute Gasteiger partial charge is 0.338 e. The second kappa shape index (κ2) is 7.79. The number of rotatable bonds is 5. The molecule has 1 aliphatic rings. The summed E-state index contributed by atoms with van der Waals surface area (Å²) in [5.41, 5.74) is 1.75. The fourth-order valence-electron chi connectivity index (χ4n) is 2.81. The van der Waals surface area contributed by atoms with Gasteiger partial charge in [-0.05, 0) is 44.2 Å². The number of allylic oxidation sites excluding steroid dienone is 1. The van der Waals surface area contributed by atoms with Gasteiger partial charge in [0.1, 0.15) is 18.2 Å². The van der Waals surface area contributed by atoms with E-state index >= 15 is 0 Å². The molecule has 27 heavy (non-hydrogen) atoms. The van der Waals surface area contributed by atoms with Gasteiger partial charge in [0.2, 0.25) is 0 Å². The van der Waals surface area contributed by atoms with Crippen molar-refractivity contribution in [3.8, 4) is 5.75 Å². The third kappa shape index (κ3) is 4.11. The van der Waals surface area contributed by atoms with Gasteiger partial charge < -0.3 is 20.1 Å². The summed E-state index contributed by atoms with van der Waals surface area (Å²) in [4.78, 5) is 25.9. The van der Waals surface area contributed by atoms with Crippen molar-refractivity contribution in [1.29, 1.82) is 0 Å². The van der Waals surface area contributed by atoms with Crippen molar-refractivity contribution < 1.29 is 23.5 Å². The first-order valence-electron chi connectivity index (χ1n) is 8.23. The fraction of sp³-hybridized carbons (Fsp3) is 0.263. The molecule has 1 aromatic heterocycles. The van der Waals surface area contributed by atoms with Gasteiger partial charge in [-0.2, -0.15) is 0 Å². The molecule has 2 heterocycles. The van der Waals surface area contributed by atoms with Crippen molar-refractivity contribution in [3.63, 3.8) is 0 Å². The molecule has 1 atom stereocenters. The number of carbonyl (C=O) groups excluding carboxylic acids is 2. The SMILES string of the molecule is COC(=O)C1=C(C)NC(=O)NC1c1cc(COc2ccc(F)cc2)c(C)s1. The van der Waals surface area contributed by atoms with Crippen LogP contribution in [0.3, 0.4) is 0 Å². The number of amides is 2. The van der Waals surface area contributed by atoms with Gasteiger partial charge in [0.25, 0.3) is 0 Å². The molecule has 2 amide bonds. The molecular weight excluding hydrogens is 371 g/mol. The first-order valence-corrected chi connectivity index (χ1v) is 9.05. The Morgan fingerprint density at radius 3 is 2.63 bits per heavy atom. The standard InChI is InChI=1S/C19H19FN2O4S/c1-10-16(18(23)25-3)17(22-19(24)21-10)15-8-12(11(2)27-15)9-26-14-6-4-13(20)5-7-14/h4-8,17H,9H2,1-3H3,(H2,21,22,24). The maximum atomic E-state index is 13.0. The quantitative estimate of drug-likeness (QED) is 0.765. The topological polar surface area (TPSA) is 76.7 Å². The highest BCUT2D eigenvalue weighted by molar-refractivity contribution is 7.12. The van der Waals surface area contributed by atoms with E-state index in [4.69, 9.17) is 9.47 Å². The highest BCUT2D eigenvalue weighted by Crippen LogP contribution is 2.34. The third-order valence-corrected chi connectivity index (χ3v) is 5.36. The Labute approximate surface area is 160 Å². The summed E-state index contributed by atoms with van der Waals surface area (Å²) in [5.74, 6) is -0.264. The number of aryl methyl sites for hydroxylation is 1. The zero-order chi connectivity index (χ0) is 19.6. The molecule has 0 fully saturated rings. The molecule has 0 saturated carbocycles. The molecule has 1 aromatic carbocycles. The van der Waals surface area contributed by atoms with Crippen LogP contribution in [0.1, 0.15) is 28.3 Å². The lowest BCUT2D eigenvalue weighted by atomic mass is 10.0. The van der Waals surface area contributed by atoms with Gasteiger partial charge in [0.05, 0.1) is 18.7 Å². The van der Waals surface area contributed by atoms with Gasteiger partial charge in [-0.15, -0.1) is 11.3 Å². The van der Waals surface area contributed by atoms with Gasteiger partial charge in [0, 0.05) is 21.0 Å². The van der Waals surface area contributed by atoms with Crippen molar-refractivity contribution in [2.45, 2.75) is 26.5 Å². The number of urea groups is 1. The van der Waals surface area contributed by atoms with E-state index in [0.717, 1.165) is 15.3 Å². The van der Waals surface area contributed by atoms with Crippen LogP contribution in [0, 0.1) is 12.7 Å². The van der Waals surface area contributed by atoms with E-state index in [9.17, 15) is 14.0 Å². The van der Waals surface area contributed by atoms with Crippen molar-refractivity contribution in [3.05, 3.63) is 62.7 Å². The van der Waals surface area contributed by atoms with E-state index in [-0.39, 0.29) is 11.8 Å². The van der Waals surface area contributed by atoms with Crippen LogP contribution in [0.2, 0.25) is 0 Å². The number of esters is 1. The zero-order valence-electron chi connectivity index (χ0n) is 15.1. The van der Waals surface area contributed by atoms with Gasteiger partial charge in [0.15, 0.2) is 0 Å². The Hall–Kier alpha value is -2.87. The van der Waals surface area contributed by atoms with E-state index in [2.05, 4.69) is 10.6 Å². The van der Waals surface area contributed by atoms with Crippen molar-refractivity contribution in [2.24, 2.45) is 0 Å². The highest BCUT2D eigenvalue weighted by Gasteiger charge is 2.33. The molecular formula is C19H19FN2O4S. The van der Waals surface area contributed by atoms with Gasteiger partial charge in [-0.25, -0.2) is 14.0 Å². The molecule has 8 heteroatoms. The normalized spacial score (nSPS) is 16.6. The summed E-state index contributed by atoms with van der Waals surface area (Å²) in [6.07, 6.45) is 0. The molecule has 0 radical (unpaired) electrons. The van der Waals surface area contributed by atoms with Crippen LogP contribution in [0.15, 0.2) is 41.6 Å². The van der Waals surface area contributed by atoms with Crippen LogP contribution in [0.5, 0.6) is 5.75 Å². The molecule has 2 N–H and O–H groups in total. The number of halogens is 1. The highest BCUT2D eigenvalue weighted by atomic mass is 32.1. The van der Waals surface area contributed by atoms with E-state index in [1.807, 2.05) is 13.0 Å². The summed E-state index contributed by atoms with van der Waals surface area (Å²) >= 11 is 1.47. The minimum Gasteiger partial charge on any atom is -0.489 e. The monoisotopic (exact) mass is 390 g/mol. The number of ether oxygens (including phenoxy) is 2. The first kappa shape index (κ1) is 18.9. The lowest BCUT2D eigenvalue weighted by molar-refractivity contribution is -0.136. The lowest BCUT2D eigenvalue weighted by Crippen LogP contribution is -2.45. The second-order valence-corrected chi connectivity index (χ2v) is 7.32. The average molecular weight is 390 g/mol. The lowest BCUT2D eigenvalue weighted by Gasteiger charge is -2.26. The number of hydrogen-bond acceptors (Lipinski definition) is 5. The fourth-order valence-corrected chi connectivity index (χ4v) is 3.91. The second-order valence-electron chi connectivity index (χ2n) is 6.03. The predicted molar refractivity (Wildman–Crippen MR) is 98.9 cm³/mol. The van der Waals surface area contributed by atoms with Gasteiger partial charge in [-0.3, -0.25) is 0 Å². The number of benzene rings is 1. The number of methoxy groups -OCH3 is 1. The number of carbonyl (C=O) groups is 2. The van der Waals surface area contributed by atoms with Gasteiger partial charge >= 0.3 is 12.0 Å². The Bertz CT molecular complexity index is 905. The average Bonchev–Trinajstić information content (AvgIpc) is 3.01. The maximum Gasteiger partial charge on any atom is 0.338 e. The van der Waals surface area contributed by atoms with Crippen LogP contribution >= 0.6 is 11.3 Å². The molecule has 2 aromatic rings. The summed E-state index contributed by atoms with van der Waals surface area (Å²) in [7, 11) is 1.30. The zero-order valence-corrected chi connectivity index (χ0v) is 15.9. The van der Waals surface area contributed by atoms with Gasteiger partial charge in [-0.1, -0.05) is 0 Å². The summed E-state index contributed by atoms with van der Waals surface area (Å²) in [5, 5.41) is 5.36. The van der Waals surface area contributed by atoms with Crippen LogP contribution in [-0.4, -0.2) is 19.1 Å². The molecule has 0 bridgehead atoms. The predicted octanol–water partition coefficient (Wildman–Crippen LogP) is 3.58. The van der Waals surface area contributed by atoms with Crippen molar-refractivity contribution in [1.82, 2.24) is 10.6 Å².